The number of hydrogen-bond acceptors (Lipinski definition) is 6. The predicted molar refractivity (Wildman–Crippen MR) is 135 cm³/mol. The van der Waals surface area contributed by atoms with Crippen LogP contribution in [0.5, 0.6) is 11.5 Å². The third kappa shape index (κ3) is 9.52. The number of aromatic amines is 1. The molecule has 0 spiro atoms. The van der Waals surface area contributed by atoms with E-state index in [1.54, 1.807) is 21.3 Å². The average molecular weight is 568 g/mol. The van der Waals surface area contributed by atoms with E-state index >= 15 is 0 Å². The van der Waals surface area contributed by atoms with Gasteiger partial charge in [0.15, 0.2) is 5.96 Å². The second-order valence-electron chi connectivity index (χ2n) is 6.86. The van der Waals surface area contributed by atoms with E-state index in [1.165, 1.54) is 6.26 Å². The molecule has 0 amide bonds. The summed E-state index contributed by atoms with van der Waals surface area (Å²) in [5, 5.41) is 7.44. The standard InChI is InChI=1S/C20H32N4O5S.HI/c1-21-20(23-8-9-29-10-11-30(4,25)26)22-7-5-6-15-12-17-18(24-15)13-16(27-2)14-19(17)28-3;/h12-14,24H,5-11H2,1-4H3,(H2,21,22,23);1H. The van der Waals surface area contributed by atoms with Crippen LogP contribution in [0.1, 0.15) is 12.1 Å². The lowest BCUT2D eigenvalue weighted by molar-refractivity contribution is 0.154. The second-order valence-corrected chi connectivity index (χ2v) is 9.12. The Morgan fingerprint density at radius 3 is 2.48 bits per heavy atom. The van der Waals surface area contributed by atoms with Crippen LogP contribution in [0.2, 0.25) is 0 Å². The summed E-state index contributed by atoms with van der Waals surface area (Å²) in [5.41, 5.74) is 2.11. The van der Waals surface area contributed by atoms with Gasteiger partial charge in [0.05, 0.1) is 38.7 Å². The molecule has 0 aliphatic heterocycles. The van der Waals surface area contributed by atoms with Gasteiger partial charge in [0.25, 0.3) is 0 Å². The first-order valence-electron chi connectivity index (χ1n) is 9.80. The zero-order valence-corrected chi connectivity index (χ0v) is 21.6. The van der Waals surface area contributed by atoms with Gasteiger partial charge < -0.3 is 29.8 Å². The summed E-state index contributed by atoms with van der Waals surface area (Å²) in [6, 6.07) is 5.94. The van der Waals surface area contributed by atoms with Gasteiger partial charge in [-0.2, -0.15) is 0 Å². The number of aliphatic imine (C=N–C) groups is 1. The monoisotopic (exact) mass is 568 g/mol. The summed E-state index contributed by atoms with van der Waals surface area (Å²) < 4.78 is 38.2. The van der Waals surface area contributed by atoms with E-state index < -0.39 is 9.84 Å². The number of methoxy groups -OCH3 is 2. The molecule has 0 fully saturated rings. The van der Waals surface area contributed by atoms with E-state index in [2.05, 4.69) is 26.7 Å². The molecule has 2 aromatic rings. The van der Waals surface area contributed by atoms with Gasteiger partial charge in [-0.3, -0.25) is 4.99 Å². The van der Waals surface area contributed by atoms with E-state index in [1.807, 2.05) is 12.1 Å². The minimum Gasteiger partial charge on any atom is -0.497 e. The highest BCUT2D eigenvalue weighted by molar-refractivity contribution is 14.0. The summed E-state index contributed by atoms with van der Waals surface area (Å²) in [5.74, 6) is 2.26. The Morgan fingerprint density at radius 1 is 1.10 bits per heavy atom. The Kier molecular flexibility index (Phi) is 12.0. The molecule has 1 aromatic carbocycles. The molecule has 0 aliphatic carbocycles. The molecule has 0 unspecified atom stereocenters. The number of fused-ring (bicyclic) bond motifs is 1. The van der Waals surface area contributed by atoms with E-state index in [4.69, 9.17) is 14.2 Å². The number of halogens is 1. The maximum atomic E-state index is 11.0. The quantitative estimate of drug-likeness (QED) is 0.155. The molecule has 1 aromatic heterocycles. The van der Waals surface area contributed by atoms with E-state index in [0.29, 0.717) is 19.1 Å². The number of nitrogens with one attached hydrogen (secondary N) is 3. The van der Waals surface area contributed by atoms with Crippen LogP contribution in [-0.2, 0) is 21.0 Å². The van der Waals surface area contributed by atoms with E-state index in [-0.39, 0.29) is 36.3 Å². The molecular formula is C20H33IN4O5S. The molecule has 9 nitrogen and oxygen atoms in total. The first kappa shape index (κ1) is 27.3. The zero-order chi connectivity index (χ0) is 22.0. The van der Waals surface area contributed by atoms with E-state index in [9.17, 15) is 8.42 Å². The first-order chi connectivity index (χ1) is 14.4. The molecule has 176 valence electrons. The smallest absolute Gasteiger partial charge is 0.191 e. The molecule has 2 rings (SSSR count). The van der Waals surface area contributed by atoms with Crippen LogP contribution in [0.3, 0.4) is 0 Å². The number of rotatable bonds is 12. The molecule has 31 heavy (non-hydrogen) atoms. The highest BCUT2D eigenvalue weighted by atomic mass is 127. The third-order valence-electron chi connectivity index (χ3n) is 4.46. The van der Waals surface area contributed by atoms with Gasteiger partial charge in [0, 0.05) is 49.6 Å². The SMILES string of the molecule is CN=C(NCCCc1cc2c(OC)cc(OC)cc2[nH]1)NCCOCCS(C)(=O)=O.I. The Hall–Kier alpha value is -1.73. The van der Waals surface area contributed by atoms with Crippen molar-refractivity contribution in [1.82, 2.24) is 15.6 Å². The number of aromatic nitrogens is 1. The maximum absolute atomic E-state index is 11.0. The highest BCUT2D eigenvalue weighted by Gasteiger charge is 2.09. The van der Waals surface area contributed by atoms with Gasteiger partial charge in [-0.15, -0.1) is 24.0 Å². The second kappa shape index (κ2) is 13.6. The number of benzene rings is 1. The van der Waals surface area contributed by atoms with Crippen molar-refractivity contribution < 1.29 is 22.6 Å². The van der Waals surface area contributed by atoms with Crippen LogP contribution in [0.4, 0.5) is 0 Å². The summed E-state index contributed by atoms with van der Waals surface area (Å²) in [6.07, 6.45) is 2.99. The minimum atomic E-state index is -2.98. The number of aryl methyl sites for hydroxylation is 1. The van der Waals surface area contributed by atoms with Crippen molar-refractivity contribution >= 4 is 50.7 Å². The topological polar surface area (TPSA) is 114 Å². The van der Waals surface area contributed by atoms with Crippen molar-refractivity contribution in [3.05, 3.63) is 23.9 Å². The fourth-order valence-electron chi connectivity index (χ4n) is 2.92. The van der Waals surface area contributed by atoms with Crippen LogP contribution in [-0.4, -0.2) is 78.9 Å². The Labute approximate surface area is 201 Å². The fourth-order valence-corrected chi connectivity index (χ4v) is 3.34. The van der Waals surface area contributed by atoms with Crippen molar-refractivity contribution in [2.75, 3.05) is 59.6 Å². The van der Waals surface area contributed by atoms with Crippen LogP contribution >= 0.6 is 24.0 Å². The van der Waals surface area contributed by atoms with Gasteiger partial charge in [-0.05, 0) is 18.9 Å². The normalized spacial score (nSPS) is 11.8. The number of ether oxygens (including phenoxy) is 3. The van der Waals surface area contributed by atoms with Crippen LogP contribution in [0.25, 0.3) is 10.9 Å². The molecule has 0 saturated heterocycles. The fraction of sp³-hybridized carbons (Fsp3) is 0.550. The predicted octanol–water partition coefficient (Wildman–Crippen LogP) is 1.96. The summed E-state index contributed by atoms with van der Waals surface area (Å²) >= 11 is 0. The Morgan fingerprint density at radius 2 is 1.84 bits per heavy atom. The van der Waals surface area contributed by atoms with Gasteiger partial charge in [-0.25, -0.2) is 8.42 Å². The third-order valence-corrected chi connectivity index (χ3v) is 5.37. The lowest BCUT2D eigenvalue weighted by Gasteiger charge is -2.11. The molecule has 0 radical (unpaired) electrons. The first-order valence-corrected chi connectivity index (χ1v) is 11.9. The maximum Gasteiger partial charge on any atom is 0.191 e. The number of guanidine groups is 1. The number of nitrogens with zero attached hydrogens (tertiary/aromatic N) is 1. The van der Waals surface area contributed by atoms with E-state index in [0.717, 1.165) is 47.5 Å². The minimum absolute atomic E-state index is 0. The summed E-state index contributed by atoms with van der Waals surface area (Å²) in [6.45, 7) is 1.92. The van der Waals surface area contributed by atoms with Gasteiger partial charge in [-0.1, -0.05) is 0 Å². The van der Waals surface area contributed by atoms with Crippen molar-refractivity contribution in [2.24, 2.45) is 4.99 Å². The van der Waals surface area contributed by atoms with Crippen molar-refractivity contribution in [2.45, 2.75) is 12.8 Å². The molecule has 0 bridgehead atoms. The molecule has 11 heteroatoms. The molecule has 0 aliphatic rings. The van der Waals surface area contributed by atoms with Gasteiger partial charge in [0.2, 0.25) is 0 Å². The molecule has 1 heterocycles. The number of H-pyrrole nitrogens is 1. The van der Waals surface area contributed by atoms with Crippen molar-refractivity contribution in [3.63, 3.8) is 0 Å². The van der Waals surface area contributed by atoms with Crippen molar-refractivity contribution in [1.29, 1.82) is 0 Å². The van der Waals surface area contributed by atoms with Crippen LogP contribution < -0.4 is 20.1 Å². The molecular weight excluding hydrogens is 535 g/mol. The average Bonchev–Trinajstić information content (AvgIpc) is 3.13. The highest BCUT2D eigenvalue weighted by Crippen LogP contribution is 2.31. The molecule has 0 atom stereocenters. The molecule has 0 saturated carbocycles. The summed E-state index contributed by atoms with van der Waals surface area (Å²) in [4.78, 5) is 7.59. The Bertz CT molecular complexity index is 946. The molecule has 3 N–H and O–H groups in total. The lowest BCUT2D eigenvalue weighted by Crippen LogP contribution is -2.39. The number of sulfone groups is 1. The summed E-state index contributed by atoms with van der Waals surface area (Å²) in [7, 11) is 2.01. The van der Waals surface area contributed by atoms with Gasteiger partial charge >= 0.3 is 0 Å². The number of hydrogen-bond donors (Lipinski definition) is 3. The Balaban J connectivity index is 0.00000480. The van der Waals surface area contributed by atoms with Crippen LogP contribution in [0.15, 0.2) is 23.2 Å². The van der Waals surface area contributed by atoms with Crippen molar-refractivity contribution in [3.8, 4) is 11.5 Å². The van der Waals surface area contributed by atoms with Crippen LogP contribution in [0, 0.1) is 0 Å². The largest absolute Gasteiger partial charge is 0.497 e. The lowest BCUT2D eigenvalue weighted by atomic mass is 10.2. The van der Waals surface area contributed by atoms with Gasteiger partial charge in [0.1, 0.15) is 21.3 Å². The zero-order valence-electron chi connectivity index (χ0n) is 18.5.